The van der Waals surface area contributed by atoms with Crippen LogP contribution in [0.1, 0.15) is 67.3 Å². The van der Waals surface area contributed by atoms with Crippen molar-refractivity contribution < 1.29 is 23.6 Å². The lowest BCUT2D eigenvalue weighted by molar-refractivity contribution is -0.120. The van der Waals surface area contributed by atoms with Gasteiger partial charge in [0.15, 0.2) is 5.65 Å². The van der Waals surface area contributed by atoms with Gasteiger partial charge in [-0.05, 0) is 59.7 Å². The third-order valence-corrected chi connectivity index (χ3v) is 7.68. The maximum atomic E-state index is 13.5. The maximum absolute atomic E-state index is 13.5. The SMILES string of the molecule is Cc1c(C2NC(=O)NC2=O)ccc2c1CC[C@@H]2NC(=O)c1cc(C(=O)NCc2ccc(F)c(Cl)c2)nc2ccnn12. The molecule has 1 saturated heterocycles. The van der Waals surface area contributed by atoms with E-state index in [1.807, 2.05) is 13.0 Å². The molecule has 208 valence electrons. The van der Waals surface area contributed by atoms with Gasteiger partial charge in [0.1, 0.15) is 23.2 Å². The molecule has 13 heteroatoms. The number of nitrogens with one attached hydrogen (secondary N) is 4. The number of fused-ring (bicyclic) bond motifs is 2. The topological polar surface area (TPSA) is 147 Å². The van der Waals surface area contributed by atoms with E-state index in [0.29, 0.717) is 29.6 Å². The molecule has 4 aromatic rings. The second kappa shape index (κ2) is 10.3. The Morgan fingerprint density at radius 1 is 1.12 bits per heavy atom. The molecule has 0 spiro atoms. The first kappa shape index (κ1) is 26.4. The van der Waals surface area contributed by atoms with Crippen LogP contribution in [0.4, 0.5) is 9.18 Å². The van der Waals surface area contributed by atoms with Crippen LogP contribution >= 0.6 is 11.6 Å². The highest BCUT2D eigenvalue weighted by molar-refractivity contribution is 6.30. The van der Waals surface area contributed by atoms with Crippen LogP contribution in [0.3, 0.4) is 0 Å². The number of hydrogen-bond donors (Lipinski definition) is 4. The van der Waals surface area contributed by atoms with Crippen molar-refractivity contribution in [1.82, 2.24) is 35.9 Å². The van der Waals surface area contributed by atoms with Crippen LogP contribution in [0.2, 0.25) is 5.02 Å². The average Bonchev–Trinajstić information content (AvgIpc) is 3.67. The van der Waals surface area contributed by atoms with Crippen molar-refractivity contribution in [3.63, 3.8) is 0 Å². The molecule has 2 aromatic heterocycles. The zero-order valence-electron chi connectivity index (χ0n) is 21.6. The van der Waals surface area contributed by atoms with Gasteiger partial charge in [0.2, 0.25) is 0 Å². The smallest absolute Gasteiger partial charge is 0.322 e. The zero-order valence-corrected chi connectivity index (χ0v) is 22.4. The zero-order chi connectivity index (χ0) is 28.8. The van der Waals surface area contributed by atoms with Crippen LogP contribution in [-0.2, 0) is 17.8 Å². The summed E-state index contributed by atoms with van der Waals surface area (Å²) in [6, 6.07) is 9.17. The molecule has 0 saturated carbocycles. The summed E-state index contributed by atoms with van der Waals surface area (Å²) >= 11 is 5.83. The number of carbonyl (C=O) groups excluding carboxylic acids is 4. The lowest BCUT2D eigenvalue weighted by atomic mass is 9.93. The van der Waals surface area contributed by atoms with Gasteiger partial charge >= 0.3 is 6.03 Å². The number of imide groups is 1. The Bertz CT molecular complexity index is 1770. The Kier molecular flexibility index (Phi) is 6.62. The number of carbonyl (C=O) groups is 4. The Morgan fingerprint density at radius 3 is 2.68 bits per heavy atom. The number of nitrogens with zero attached hydrogens (tertiary/aromatic N) is 3. The summed E-state index contributed by atoms with van der Waals surface area (Å²) in [5, 5.41) is 14.8. The molecule has 1 aliphatic carbocycles. The number of rotatable bonds is 6. The lowest BCUT2D eigenvalue weighted by Crippen LogP contribution is -2.30. The fourth-order valence-corrected chi connectivity index (χ4v) is 5.55. The Balaban J connectivity index is 1.22. The van der Waals surface area contributed by atoms with E-state index in [0.717, 1.165) is 16.7 Å². The molecule has 6 rings (SSSR count). The monoisotopic (exact) mass is 575 g/mol. The normalized spacial score (nSPS) is 17.7. The van der Waals surface area contributed by atoms with Crippen LogP contribution < -0.4 is 21.3 Å². The van der Waals surface area contributed by atoms with E-state index in [9.17, 15) is 23.6 Å². The van der Waals surface area contributed by atoms with E-state index in [2.05, 4.69) is 31.3 Å². The van der Waals surface area contributed by atoms with Crippen molar-refractivity contribution in [2.75, 3.05) is 0 Å². The van der Waals surface area contributed by atoms with Gasteiger partial charge in [-0.2, -0.15) is 5.10 Å². The number of urea groups is 1. The molecule has 4 N–H and O–H groups in total. The van der Waals surface area contributed by atoms with Crippen LogP contribution in [0.25, 0.3) is 5.65 Å². The second-order valence-electron chi connectivity index (χ2n) is 9.87. The van der Waals surface area contributed by atoms with Crippen LogP contribution in [0.5, 0.6) is 0 Å². The molecule has 2 aliphatic rings. The Morgan fingerprint density at radius 2 is 1.93 bits per heavy atom. The van der Waals surface area contributed by atoms with E-state index < -0.39 is 35.6 Å². The number of aromatic nitrogens is 3. The standard InChI is InChI=1S/C28H23ClFN7O4/c1-13-15-5-7-20(17(15)4-3-16(13)24-27(40)36-28(41)35-24)34-26(39)22-11-21(33-23-8-9-32-37(22)23)25(38)31-12-14-2-6-19(30)18(29)10-14/h2-4,6,8-11,20,24H,5,7,12H2,1H3,(H,31,38)(H,34,39)(H2,35,36,40,41)/t20-,24?/m0/s1. The summed E-state index contributed by atoms with van der Waals surface area (Å²) < 4.78 is 14.8. The van der Waals surface area contributed by atoms with Gasteiger partial charge in [0, 0.05) is 18.7 Å². The van der Waals surface area contributed by atoms with E-state index in [4.69, 9.17) is 11.6 Å². The first-order valence-corrected chi connectivity index (χ1v) is 13.2. The maximum Gasteiger partial charge on any atom is 0.322 e. The minimum Gasteiger partial charge on any atom is -0.347 e. The van der Waals surface area contributed by atoms with E-state index in [1.54, 1.807) is 12.1 Å². The highest BCUT2D eigenvalue weighted by Gasteiger charge is 2.35. The van der Waals surface area contributed by atoms with Crippen LogP contribution in [-0.4, -0.2) is 38.4 Å². The molecule has 5 amide bonds. The van der Waals surface area contributed by atoms with Crippen molar-refractivity contribution in [2.24, 2.45) is 0 Å². The predicted molar refractivity (Wildman–Crippen MR) is 145 cm³/mol. The fraction of sp³-hybridized carbons (Fsp3) is 0.214. The summed E-state index contributed by atoms with van der Waals surface area (Å²) in [4.78, 5) is 54.6. The molecular formula is C28H23ClFN7O4. The summed E-state index contributed by atoms with van der Waals surface area (Å²) in [6.45, 7) is 1.98. The summed E-state index contributed by atoms with van der Waals surface area (Å²) in [5.74, 6) is -1.92. The van der Waals surface area contributed by atoms with Gasteiger partial charge < -0.3 is 16.0 Å². The molecule has 2 aromatic carbocycles. The molecule has 41 heavy (non-hydrogen) atoms. The Labute approximate surface area is 237 Å². The fourth-order valence-electron chi connectivity index (χ4n) is 5.34. The number of hydrogen-bond acceptors (Lipinski definition) is 6. The third-order valence-electron chi connectivity index (χ3n) is 7.39. The summed E-state index contributed by atoms with van der Waals surface area (Å²) in [5.41, 5.74) is 4.60. The largest absolute Gasteiger partial charge is 0.347 e. The molecular weight excluding hydrogens is 553 g/mol. The van der Waals surface area contributed by atoms with Gasteiger partial charge in [-0.3, -0.25) is 19.7 Å². The van der Waals surface area contributed by atoms with Crippen molar-refractivity contribution >= 4 is 41.0 Å². The minimum atomic E-state index is -0.754. The summed E-state index contributed by atoms with van der Waals surface area (Å²) in [7, 11) is 0. The lowest BCUT2D eigenvalue weighted by Gasteiger charge is -2.18. The predicted octanol–water partition coefficient (Wildman–Crippen LogP) is 3.06. The highest BCUT2D eigenvalue weighted by atomic mass is 35.5. The molecule has 1 fully saturated rings. The van der Waals surface area contributed by atoms with Gasteiger partial charge in [-0.1, -0.05) is 29.8 Å². The van der Waals surface area contributed by atoms with Gasteiger partial charge in [-0.25, -0.2) is 18.7 Å². The first-order chi connectivity index (χ1) is 19.7. The van der Waals surface area contributed by atoms with E-state index in [1.165, 1.54) is 35.0 Å². The van der Waals surface area contributed by atoms with Crippen molar-refractivity contribution in [3.05, 3.63) is 98.7 Å². The molecule has 11 nitrogen and oxygen atoms in total. The van der Waals surface area contributed by atoms with Gasteiger partial charge in [0.25, 0.3) is 17.7 Å². The van der Waals surface area contributed by atoms with Crippen LogP contribution in [0, 0.1) is 12.7 Å². The molecule has 3 heterocycles. The molecule has 1 aliphatic heterocycles. The second-order valence-corrected chi connectivity index (χ2v) is 10.3. The van der Waals surface area contributed by atoms with Gasteiger partial charge in [0.05, 0.1) is 17.3 Å². The molecule has 1 unspecified atom stereocenters. The number of amides is 5. The number of benzene rings is 2. The molecule has 0 bridgehead atoms. The highest BCUT2D eigenvalue weighted by Crippen LogP contribution is 2.37. The van der Waals surface area contributed by atoms with Crippen molar-refractivity contribution in [3.8, 4) is 0 Å². The van der Waals surface area contributed by atoms with Crippen molar-refractivity contribution in [1.29, 1.82) is 0 Å². The van der Waals surface area contributed by atoms with Gasteiger partial charge in [-0.15, -0.1) is 0 Å². The molecule has 2 atom stereocenters. The van der Waals surface area contributed by atoms with E-state index in [-0.39, 0.29) is 29.0 Å². The number of halogens is 2. The minimum absolute atomic E-state index is 0.0144. The first-order valence-electron chi connectivity index (χ1n) is 12.8. The molecule has 0 radical (unpaired) electrons. The third kappa shape index (κ3) is 4.86. The van der Waals surface area contributed by atoms with E-state index >= 15 is 0 Å². The quantitative estimate of drug-likeness (QED) is 0.260. The van der Waals surface area contributed by atoms with Crippen LogP contribution in [0.15, 0.2) is 48.7 Å². The Hall–Kier alpha value is -4.84. The average molecular weight is 576 g/mol. The summed E-state index contributed by atoms with van der Waals surface area (Å²) in [6.07, 6.45) is 2.79. The van der Waals surface area contributed by atoms with Crippen molar-refractivity contribution in [2.45, 2.75) is 38.4 Å².